The zero-order valence-electron chi connectivity index (χ0n) is 13.3. The van der Waals surface area contributed by atoms with Crippen LogP contribution in [0.3, 0.4) is 0 Å². The Bertz CT molecular complexity index is 339. The Balaban J connectivity index is 1.34. The largest absolute Gasteiger partial charge is 0.311 e. The first-order chi connectivity index (χ1) is 9.85. The Morgan fingerprint density at radius 3 is 2.55 bits per heavy atom. The molecule has 4 fully saturated rings. The summed E-state index contributed by atoms with van der Waals surface area (Å²) in [7, 11) is 0. The van der Waals surface area contributed by atoms with Gasteiger partial charge in [-0.3, -0.25) is 0 Å². The van der Waals surface area contributed by atoms with Crippen molar-refractivity contribution in [1.29, 1.82) is 0 Å². The molecular weight excluding hydrogens is 242 g/mol. The van der Waals surface area contributed by atoms with Crippen LogP contribution in [0.5, 0.6) is 0 Å². The first-order valence-corrected chi connectivity index (χ1v) is 9.61. The van der Waals surface area contributed by atoms with Gasteiger partial charge in [-0.1, -0.05) is 32.6 Å². The SMILES string of the molecule is CCC1CCCC(NC2CC3CC2C2CCCC32)CC1. The lowest BCUT2D eigenvalue weighted by atomic mass is 9.79. The first-order valence-electron chi connectivity index (χ1n) is 9.61. The van der Waals surface area contributed by atoms with Gasteiger partial charge >= 0.3 is 0 Å². The molecule has 7 unspecified atom stereocenters. The van der Waals surface area contributed by atoms with Crippen LogP contribution in [0.15, 0.2) is 0 Å². The summed E-state index contributed by atoms with van der Waals surface area (Å²) in [5.41, 5.74) is 0. The van der Waals surface area contributed by atoms with E-state index >= 15 is 0 Å². The van der Waals surface area contributed by atoms with Crippen molar-refractivity contribution in [2.24, 2.45) is 29.6 Å². The lowest BCUT2D eigenvalue weighted by molar-refractivity contribution is 0.193. The monoisotopic (exact) mass is 275 g/mol. The number of rotatable bonds is 3. The summed E-state index contributed by atoms with van der Waals surface area (Å²) >= 11 is 0. The van der Waals surface area contributed by atoms with E-state index in [1.165, 1.54) is 51.4 Å². The highest BCUT2D eigenvalue weighted by atomic mass is 15.0. The third-order valence-corrected chi connectivity index (χ3v) is 7.54. The van der Waals surface area contributed by atoms with E-state index in [4.69, 9.17) is 0 Å². The van der Waals surface area contributed by atoms with Gasteiger partial charge in [0, 0.05) is 12.1 Å². The predicted octanol–water partition coefficient (Wildman–Crippen LogP) is 4.76. The van der Waals surface area contributed by atoms with Crippen molar-refractivity contribution in [3.05, 3.63) is 0 Å². The second kappa shape index (κ2) is 5.63. The summed E-state index contributed by atoms with van der Waals surface area (Å²) < 4.78 is 0. The molecule has 4 aliphatic carbocycles. The van der Waals surface area contributed by atoms with Crippen molar-refractivity contribution in [2.75, 3.05) is 0 Å². The number of hydrogen-bond donors (Lipinski definition) is 1. The normalized spacial score (nSPS) is 51.1. The van der Waals surface area contributed by atoms with Gasteiger partial charge in [0.2, 0.25) is 0 Å². The maximum Gasteiger partial charge on any atom is 0.0103 e. The van der Waals surface area contributed by atoms with E-state index in [9.17, 15) is 0 Å². The van der Waals surface area contributed by atoms with Crippen molar-refractivity contribution >= 4 is 0 Å². The van der Waals surface area contributed by atoms with Crippen LogP contribution in [0.2, 0.25) is 0 Å². The fraction of sp³-hybridized carbons (Fsp3) is 1.00. The van der Waals surface area contributed by atoms with Crippen LogP contribution < -0.4 is 5.32 Å². The molecule has 7 atom stereocenters. The third kappa shape index (κ3) is 2.34. The van der Waals surface area contributed by atoms with Gasteiger partial charge in [-0.05, 0) is 74.5 Å². The van der Waals surface area contributed by atoms with Crippen molar-refractivity contribution in [1.82, 2.24) is 5.32 Å². The van der Waals surface area contributed by atoms with Crippen LogP contribution in [0, 0.1) is 29.6 Å². The topological polar surface area (TPSA) is 12.0 Å². The molecule has 1 N–H and O–H groups in total. The van der Waals surface area contributed by atoms with E-state index in [1.807, 2.05) is 0 Å². The highest BCUT2D eigenvalue weighted by Gasteiger charge is 2.53. The average Bonchev–Trinajstić information content (AvgIpc) is 3.09. The highest BCUT2D eigenvalue weighted by Crippen LogP contribution is 2.58. The van der Waals surface area contributed by atoms with Crippen LogP contribution in [0.25, 0.3) is 0 Å². The molecule has 0 heterocycles. The predicted molar refractivity (Wildman–Crippen MR) is 84.6 cm³/mol. The van der Waals surface area contributed by atoms with Crippen LogP contribution in [-0.4, -0.2) is 12.1 Å². The Morgan fingerprint density at radius 2 is 1.65 bits per heavy atom. The summed E-state index contributed by atoms with van der Waals surface area (Å²) in [6.45, 7) is 2.38. The molecule has 0 spiro atoms. The van der Waals surface area contributed by atoms with Crippen LogP contribution in [-0.2, 0) is 0 Å². The fourth-order valence-corrected chi connectivity index (χ4v) is 6.52. The number of nitrogens with one attached hydrogen (secondary N) is 1. The van der Waals surface area contributed by atoms with E-state index in [-0.39, 0.29) is 0 Å². The molecule has 0 aromatic carbocycles. The standard InChI is InChI=1S/C19H33N/c1-2-13-5-3-6-15(10-9-13)20-19-12-14-11-18(19)17-8-4-7-16(14)17/h13-20H,2-12H2,1H3. The van der Waals surface area contributed by atoms with Gasteiger partial charge < -0.3 is 5.32 Å². The molecule has 0 amide bonds. The quantitative estimate of drug-likeness (QED) is 0.732. The van der Waals surface area contributed by atoms with Crippen molar-refractivity contribution in [2.45, 2.75) is 89.6 Å². The van der Waals surface area contributed by atoms with E-state index < -0.39 is 0 Å². The molecule has 1 heteroatoms. The molecule has 0 saturated heterocycles. The summed E-state index contributed by atoms with van der Waals surface area (Å²) in [6.07, 6.45) is 16.6. The average molecular weight is 275 g/mol. The minimum atomic E-state index is 0.857. The molecule has 0 aliphatic heterocycles. The summed E-state index contributed by atoms with van der Waals surface area (Å²) in [5, 5.41) is 4.15. The molecule has 1 nitrogen and oxygen atoms in total. The third-order valence-electron chi connectivity index (χ3n) is 7.54. The molecule has 2 bridgehead atoms. The zero-order chi connectivity index (χ0) is 13.5. The first kappa shape index (κ1) is 13.6. The minimum Gasteiger partial charge on any atom is -0.311 e. The smallest absolute Gasteiger partial charge is 0.0103 e. The molecule has 4 rings (SSSR count). The molecule has 4 saturated carbocycles. The van der Waals surface area contributed by atoms with Gasteiger partial charge in [-0.15, -0.1) is 0 Å². The zero-order valence-corrected chi connectivity index (χ0v) is 13.3. The number of hydrogen-bond acceptors (Lipinski definition) is 1. The molecule has 0 aromatic rings. The van der Waals surface area contributed by atoms with Crippen molar-refractivity contribution < 1.29 is 0 Å². The molecule has 4 aliphatic rings. The molecule has 0 radical (unpaired) electrons. The summed E-state index contributed by atoms with van der Waals surface area (Å²) in [5.74, 6) is 5.48. The Morgan fingerprint density at radius 1 is 0.800 bits per heavy atom. The Labute approximate surface area is 125 Å². The fourth-order valence-electron chi connectivity index (χ4n) is 6.52. The Kier molecular flexibility index (Phi) is 3.83. The maximum absolute atomic E-state index is 4.15. The van der Waals surface area contributed by atoms with E-state index in [0.717, 1.165) is 41.7 Å². The van der Waals surface area contributed by atoms with Crippen LogP contribution in [0.4, 0.5) is 0 Å². The molecule has 0 aromatic heterocycles. The van der Waals surface area contributed by atoms with Gasteiger partial charge in [0.15, 0.2) is 0 Å². The van der Waals surface area contributed by atoms with E-state index in [2.05, 4.69) is 12.2 Å². The van der Waals surface area contributed by atoms with Gasteiger partial charge in [0.1, 0.15) is 0 Å². The van der Waals surface area contributed by atoms with Crippen molar-refractivity contribution in [3.63, 3.8) is 0 Å². The lowest BCUT2D eigenvalue weighted by Gasteiger charge is -2.34. The number of fused-ring (bicyclic) bond motifs is 5. The second-order valence-corrected chi connectivity index (χ2v) is 8.41. The molecule has 20 heavy (non-hydrogen) atoms. The van der Waals surface area contributed by atoms with Crippen molar-refractivity contribution in [3.8, 4) is 0 Å². The lowest BCUT2D eigenvalue weighted by Crippen LogP contribution is -2.44. The maximum atomic E-state index is 4.15. The molecular formula is C19H33N. The van der Waals surface area contributed by atoms with Gasteiger partial charge in [-0.25, -0.2) is 0 Å². The van der Waals surface area contributed by atoms with Gasteiger partial charge in [0.25, 0.3) is 0 Å². The minimum absolute atomic E-state index is 0.857. The van der Waals surface area contributed by atoms with E-state index in [0.29, 0.717) is 0 Å². The van der Waals surface area contributed by atoms with Crippen LogP contribution in [0.1, 0.15) is 77.6 Å². The molecule has 114 valence electrons. The van der Waals surface area contributed by atoms with Gasteiger partial charge in [-0.2, -0.15) is 0 Å². The summed E-state index contributed by atoms with van der Waals surface area (Å²) in [4.78, 5) is 0. The second-order valence-electron chi connectivity index (χ2n) is 8.41. The van der Waals surface area contributed by atoms with E-state index in [1.54, 1.807) is 19.3 Å². The van der Waals surface area contributed by atoms with Crippen LogP contribution >= 0.6 is 0 Å². The highest BCUT2D eigenvalue weighted by molar-refractivity contribution is 5.06. The van der Waals surface area contributed by atoms with Gasteiger partial charge in [0.05, 0.1) is 0 Å². The summed E-state index contributed by atoms with van der Waals surface area (Å²) in [6, 6.07) is 1.76. The Hall–Kier alpha value is -0.0400.